The number of rotatable bonds is 5. The van der Waals surface area contributed by atoms with Gasteiger partial charge in [0.1, 0.15) is 0 Å². The van der Waals surface area contributed by atoms with Crippen LogP contribution < -0.4 is 10.1 Å². The molecule has 1 aliphatic heterocycles. The molecule has 126 valence electrons. The van der Waals surface area contributed by atoms with Gasteiger partial charge in [-0.05, 0) is 50.4 Å². The number of nitrogens with zero attached hydrogens (tertiary/aromatic N) is 2. The quantitative estimate of drug-likeness (QED) is 0.905. The van der Waals surface area contributed by atoms with Crippen molar-refractivity contribution in [2.45, 2.75) is 32.3 Å². The van der Waals surface area contributed by atoms with Crippen LogP contribution in [0.15, 0.2) is 28.8 Å². The molecular weight excluding hydrogens is 321 g/mol. The van der Waals surface area contributed by atoms with E-state index in [4.69, 9.17) is 9.26 Å². The number of halogens is 2. The molecule has 1 fully saturated rings. The summed E-state index contributed by atoms with van der Waals surface area (Å²) in [4.78, 5) is 4.33. The molecule has 0 amide bonds. The molecule has 0 saturated carbocycles. The Morgan fingerprint density at radius 3 is 3.00 bits per heavy atom. The molecule has 1 aromatic carbocycles. The minimum Gasteiger partial charge on any atom is -0.482 e. The third-order valence-electron chi connectivity index (χ3n) is 3.86. The van der Waals surface area contributed by atoms with Crippen molar-refractivity contribution in [3.8, 4) is 5.75 Å². The number of aromatic nitrogens is 2. The predicted molar refractivity (Wildman–Crippen MR) is 86.2 cm³/mol. The minimum atomic E-state index is -0.392. The van der Waals surface area contributed by atoms with E-state index in [0.717, 1.165) is 25.9 Å². The molecule has 7 heteroatoms. The maximum atomic E-state index is 13.4. The lowest BCUT2D eigenvalue weighted by Crippen LogP contribution is -2.14. The van der Waals surface area contributed by atoms with Crippen LogP contribution in [0.3, 0.4) is 0 Å². The van der Waals surface area contributed by atoms with Gasteiger partial charge in [-0.2, -0.15) is 4.98 Å². The van der Waals surface area contributed by atoms with Gasteiger partial charge in [0.15, 0.2) is 18.2 Å². The van der Waals surface area contributed by atoms with E-state index in [0.29, 0.717) is 17.6 Å². The van der Waals surface area contributed by atoms with Crippen LogP contribution >= 0.6 is 12.4 Å². The summed E-state index contributed by atoms with van der Waals surface area (Å²) in [5, 5.41) is 7.29. The van der Waals surface area contributed by atoms with Crippen LogP contribution in [-0.2, 0) is 13.0 Å². The summed E-state index contributed by atoms with van der Waals surface area (Å²) in [7, 11) is 0. The molecule has 5 nitrogen and oxygen atoms in total. The molecule has 2 heterocycles. The fourth-order valence-electron chi connectivity index (χ4n) is 2.68. The van der Waals surface area contributed by atoms with E-state index in [2.05, 4.69) is 15.5 Å². The van der Waals surface area contributed by atoms with Crippen molar-refractivity contribution in [2.75, 3.05) is 13.1 Å². The van der Waals surface area contributed by atoms with Gasteiger partial charge in [-0.3, -0.25) is 0 Å². The highest BCUT2D eigenvalue weighted by Crippen LogP contribution is 2.19. The molecule has 0 radical (unpaired) electrons. The Balaban J connectivity index is 0.00000192. The fraction of sp³-hybridized carbons (Fsp3) is 0.500. The summed E-state index contributed by atoms with van der Waals surface area (Å²) in [5.74, 6) is 1.47. The van der Waals surface area contributed by atoms with Crippen LogP contribution in [0.5, 0.6) is 5.75 Å². The molecule has 1 atom stereocenters. The van der Waals surface area contributed by atoms with Crippen LogP contribution in [0.1, 0.15) is 31.0 Å². The topological polar surface area (TPSA) is 60.2 Å². The maximum Gasteiger partial charge on any atom is 0.227 e. The standard InChI is InChI=1S/C16H20FN3O2.ClH/c17-13-5-1-2-6-14(13)21-11-15-19-16(22-20-15)10-12-4-3-8-18-9-7-12;/h1-2,5-6,12,18H,3-4,7-11H2;1H. The number of ether oxygens (including phenoxy) is 1. The number of para-hydroxylation sites is 1. The summed E-state index contributed by atoms with van der Waals surface area (Å²) in [6.45, 7) is 2.24. The Kier molecular flexibility index (Phi) is 6.80. The monoisotopic (exact) mass is 341 g/mol. The molecule has 3 rings (SSSR count). The highest BCUT2D eigenvalue weighted by Gasteiger charge is 2.16. The molecule has 1 unspecified atom stereocenters. The van der Waals surface area contributed by atoms with Crippen molar-refractivity contribution < 1.29 is 13.7 Å². The zero-order chi connectivity index (χ0) is 15.2. The Labute approximate surface area is 141 Å². The first-order valence-corrected chi connectivity index (χ1v) is 7.71. The van der Waals surface area contributed by atoms with Gasteiger partial charge in [0.05, 0.1) is 0 Å². The Hall–Kier alpha value is -1.66. The summed E-state index contributed by atoms with van der Waals surface area (Å²) >= 11 is 0. The predicted octanol–water partition coefficient (Wildman–Crippen LogP) is 3.14. The van der Waals surface area contributed by atoms with E-state index >= 15 is 0 Å². The van der Waals surface area contributed by atoms with Crippen molar-refractivity contribution in [3.63, 3.8) is 0 Å². The smallest absolute Gasteiger partial charge is 0.227 e. The molecule has 1 aromatic heterocycles. The van der Waals surface area contributed by atoms with Crippen molar-refractivity contribution >= 4 is 12.4 Å². The molecule has 1 saturated heterocycles. The van der Waals surface area contributed by atoms with Gasteiger partial charge in [-0.15, -0.1) is 12.4 Å². The number of hydrogen-bond donors (Lipinski definition) is 1. The van der Waals surface area contributed by atoms with Crippen LogP contribution in [-0.4, -0.2) is 23.2 Å². The van der Waals surface area contributed by atoms with Crippen molar-refractivity contribution in [1.29, 1.82) is 0 Å². The van der Waals surface area contributed by atoms with E-state index in [1.807, 2.05) is 0 Å². The minimum absolute atomic E-state index is 0. The van der Waals surface area contributed by atoms with Crippen LogP contribution in [0.25, 0.3) is 0 Å². The average molecular weight is 342 g/mol. The van der Waals surface area contributed by atoms with E-state index < -0.39 is 5.82 Å². The second-order valence-electron chi connectivity index (χ2n) is 5.57. The number of benzene rings is 1. The first kappa shape index (κ1) is 17.7. The highest BCUT2D eigenvalue weighted by atomic mass is 35.5. The highest BCUT2D eigenvalue weighted by molar-refractivity contribution is 5.85. The van der Waals surface area contributed by atoms with Gasteiger partial charge in [0, 0.05) is 6.42 Å². The number of nitrogens with one attached hydrogen (secondary N) is 1. The van der Waals surface area contributed by atoms with E-state index in [9.17, 15) is 4.39 Å². The Morgan fingerprint density at radius 1 is 1.26 bits per heavy atom. The van der Waals surface area contributed by atoms with Gasteiger partial charge in [-0.25, -0.2) is 4.39 Å². The van der Waals surface area contributed by atoms with Crippen LogP contribution in [0.4, 0.5) is 4.39 Å². The zero-order valence-corrected chi connectivity index (χ0v) is 13.7. The van der Waals surface area contributed by atoms with Crippen molar-refractivity contribution in [3.05, 3.63) is 41.8 Å². The normalized spacial score (nSPS) is 18.0. The molecule has 1 aliphatic rings. The molecule has 0 spiro atoms. The fourth-order valence-corrected chi connectivity index (χ4v) is 2.68. The Morgan fingerprint density at radius 2 is 2.13 bits per heavy atom. The van der Waals surface area contributed by atoms with Crippen molar-refractivity contribution in [1.82, 2.24) is 15.5 Å². The van der Waals surface area contributed by atoms with Gasteiger partial charge >= 0.3 is 0 Å². The second-order valence-corrected chi connectivity index (χ2v) is 5.57. The first-order valence-electron chi connectivity index (χ1n) is 7.71. The lowest BCUT2D eigenvalue weighted by molar-refractivity contribution is 0.271. The molecular formula is C16H21ClFN3O2. The van der Waals surface area contributed by atoms with E-state index in [1.165, 1.54) is 18.9 Å². The largest absolute Gasteiger partial charge is 0.482 e. The maximum absolute atomic E-state index is 13.4. The first-order chi connectivity index (χ1) is 10.8. The summed E-state index contributed by atoms with van der Waals surface area (Å²) in [6.07, 6.45) is 4.29. The van der Waals surface area contributed by atoms with Gasteiger partial charge in [0.2, 0.25) is 11.7 Å². The summed E-state index contributed by atoms with van der Waals surface area (Å²) < 4.78 is 24.1. The van der Waals surface area contributed by atoms with E-state index in [1.54, 1.807) is 18.2 Å². The van der Waals surface area contributed by atoms with E-state index in [-0.39, 0.29) is 24.8 Å². The SMILES string of the molecule is Cl.Fc1ccccc1OCc1noc(CC2CCCNCC2)n1. The summed E-state index contributed by atoms with van der Waals surface area (Å²) in [5.41, 5.74) is 0. The lowest BCUT2D eigenvalue weighted by atomic mass is 9.97. The van der Waals surface area contributed by atoms with Crippen molar-refractivity contribution in [2.24, 2.45) is 5.92 Å². The molecule has 0 aliphatic carbocycles. The Bertz CT molecular complexity index is 601. The molecule has 0 bridgehead atoms. The van der Waals surface area contributed by atoms with Gasteiger partial charge in [0.25, 0.3) is 0 Å². The third kappa shape index (κ3) is 5.18. The zero-order valence-electron chi connectivity index (χ0n) is 12.8. The lowest BCUT2D eigenvalue weighted by Gasteiger charge is -2.09. The molecule has 23 heavy (non-hydrogen) atoms. The third-order valence-corrected chi connectivity index (χ3v) is 3.86. The van der Waals surface area contributed by atoms with Gasteiger partial charge < -0.3 is 14.6 Å². The average Bonchev–Trinajstić information content (AvgIpc) is 2.81. The van der Waals surface area contributed by atoms with Crippen LogP contribution in [0, 0.1) is 11.7 Å². The number of hydrogen-bond acceptors (Lipinski definition) is 5. The molecule has 2 aromatic rings. The summed E-state index contributed by atoms with van der Waals surface area (Å²) in [6, 6.07) is 6.28. The van der Waals surface area contributed by atoms with Crippen LogP contribution in [0.2, 0.25) is 0 Å². The second kappa shape index (κ2) is 8.84. The van der Waals surface area contributed by atoms with Gasteiger partial charge in [-0.1, -0.05) is 17.3 Å². The molecule has 1 N–H and O–H groups in total.